The smallest absolute Gasteiger partial charge is 0.264 e. The standard InChI is InChI=1S/C23H19FN4OS2/c1-14-17-11-20(31-23(17)28(26-14)12-15-7-9-16(24)10-8-15)22(29)27(2)13-21-25-18-5-3-4-6-19(18)30-21/h3-11H,12-13H2,1-2H3. The highest BCUT2D eigenvalue weighted by molar-refractivity contribution is 7.20. The number of rotatable bonds is 5. The molecule has 0 aliphatic heterocycles. The Hall–Kier alpha value is -3.10. The zero-order valence-electron chi connectivity index (χ0n) is 17.0. The van der Waals surface area contributed by atoms with Crippen LogP contribution in [0.1, 0.15) is 25.9 Å². The number of aryl methyl sites for hydroxylation is 1. The normalized spacial score (nSPS) is 11.5. The van der Waals surface area contributed by atoms with E-state index in [0.29, 0.717) is 18.0 Å². The second kappa shape index (κ2) is 7.86. The number of hydrogen-bond acceptors (Lipinski definition) is 5. The Morgan fingerprint density at radius 2 is 1.90 bits per heavy atom. The quantitative estimate of drug-likeness (QED) is 0.356. The van der Waals surface area contributed by atoms with Gasteiger partial charge in [0.15, 0.2) is 0 Å². The SMILES string of the molecule is Cc1nn(Cc2ccc(F)cc2)c2sc(C(=O)N(C)Cc3nc4ccccc4s3)cc12. The number of carbonyl (C=O) groups is 1. The van der Waals surface area contributed by atoms with Gasteiger partial charge in [0.25, 0.3) is 5.91 Å². The van der Waals surface area contributed by atoms with Crippen molar-refractivity contribution in [3.63, 3.8) is 0 Å². The van der Waals surface area contributed by atoms with E-state index in [0.717, 1.165) is 36.7 Å². The maximum Gasteiger partial charge on any atom is 0.264 e. The summed E-state index contributed by atoms with van der Waals surface area (Å²) in [5.74, 6) is -0.293. The van der Waals surface area contributed by atoms with Crippen molar-refractivity contribution < 1.29 is 9.18 Å². The van der Waals surface area contributed by atoms with Crippen LogP contribution in [0.15, 0.2) is 54.6 Å². The first-order valence-corrected chi connectivity index (χ1v) is 11.4. The number of benzene rings is 2. The van der Waals surface area contributed by atoms with Crippen LogP contribution in [0.3, 0.4) is 0 Å². The summed E-state index contributed by atoms with van der Waals surface area (Å²) >= 11 is 3.05. The molecule has 5 nitrogen and oxygen atoms in total. The molecule has 0 N–H and O–H groups in total. The molecule has 0 aliphatic rings. The molecule has 5 rings (SSSR count). The first-order valence-electron chi connectivity index (χ1n) is 9.79. The summed E-state index contributed by atoms with van der Waals surface area (Å²) in [5, 5.41) is 6.49. The number of para-hydroxylation sites is 1. The van der Waals surface area contributed by atoms with Crippen LogP contribution in [0, 0.1) is 12.7 Å². The number of thiophene rings is 1. The molecular weight excluding hydrogens is 431 g/mol. The first-order chi connectivity index (χ1) is 15.0. The second-order valence-corrected chi connectivity index (χ2v) is 9.58. The lowest BCUT2D eigenvalue weighted by atomic mass is 10.2. The fraction of sp³-hybridized carbons (Fsp3) is 0.174. The van der Waals surface area contributed by atoms with E-state index < -0.39 is 0 Å². The van der Waals surface area contributed by atoms with Crippen LogP contribution in [0.5, 0.6) is 0 Å². The fourth-order valence-corrected chi connectivity index (χ4v) is 5.71. The molecule has 3 heterocycles. The molecule has 0 saturated heterocycles. The molecule has 0 fully saturated rings. The van der Waals surface area contributed by atoms with E-state index in [4.69, 9.17) is 0 Å². The average molecular weight is 451 g/mol. The van der Waals surface area contributed by atoms with E-state index in [2.05, 4.69) is 10.1 Å². The van der Waals surface area contributed by atoms with Crippen LogP contribution in [0.2, 0.25) is 0 Å². The van der Waals surface area contributed by atoms with Gasteiger partial charge < -0.3 is 4.90 Å². The number of thiazole rings is 1. The van der Waals surface area contributed by atoms with E-state index in [9.17, 15) is 9.18 Å². The third kappa shape index (κ3) is 3.84. The van der Waals surface area contributed by atoms with Crippen molar-refractivity contribution in [3.05, 3.63) is 81.6 Å². The van der Waals surface area contributed by atoms with Crippen LogP contribution in [0.25, 0.3) is 20.4 Å². The summed E-state index contributed by atoms with van der Waals surface area (Å²) in [7, 11) is 1.80. The third-order valence-electron chi connectivity index (χ3n) is 5.12. The monoisotopic (exact) mass is 450 g/mol. The van der Waals surface area contributed by atoms with Gasteiger partial charge in [0.1, 0.15) is 15.7 Å². The van der Waals surface area contributed by atoms with Crippen molar-refractivity contribution in [1.82, 2.24) is 19.7 Å². The molecule has 31 heavy (non-hydrogen) atoms. The predicted molar refractivity (Wildman–Crippen MR) is 123 cm³/mol. The van der Waals surface area contributed by atoms with Gasteiger partial charge in [0.05, 0.1) is 33.9 Å². The summed E-state index contributed by atoms with van der Waals surface area (Å²) in [5.41, 5.74) is 2.79. The topological polar surface area (TPSA) is 51.0 Å². The predicted octanol–water partition coefficient (Wildman–Crippen LogP) is 5.48. The van der Waals surface area contributed by atoms with E-state index in [-0.39, 0.29) is 11.7 Å². The van der Waals surface area contributed by atoms with Crippen LogP contribution >= 0.6 is 22.7 Å². The molecule has 0 atom stereocenters. The lowest BCUT2D eigenvalue weighted by molar-refractivity contribution is 0.0790. The molecule has 0 aliphatic carbocycles. The highest BCUT2D eigenvalue weighted by Crippen LogP contribution is 2.30. The molecule has 3 aromatic heterocycles. The van der Waals surface area contributed by atoms with Crippen molar-refractivity contribution in [3.8, 4) is 0 Å². The lowest BCUT2D eigenvalue weighted by Crippen LogP contribution is -2.25. The van der Waals surface area contributed by atoms with Gasteiger partial charge in [-0.25, -0.2) is 9.37 Å². The number of amides is 1. The van der Waals surface area contributed by atoms with E-state index in [1.807, 2.05) is 41.9 Å². The van der Waals surface area contributed by atoms with Gasteiger partial charge in [-0.1, -0.05) is 24.3 Å². The van der Waals surface area contributed by atoms with Crippen LogP contribution in [0.4, 0.5) is 4.39 Å². The van der Waals surface area contributed by atoms with Gasteiger partial charge in [-0.2, -0.15) is 5.10 Å². The van der Waals surface area contributed by atoms with E-state index >= 15 is 0 Å². The number of halogens is 1. The molecule has 0 radical (unpaired) electrons. The highest BCUT2D eigenvalue weighted by atomic mass is 32.1. The van der Waals surface area contributed by atoms with Gasteiger partial charge in [0.2, 0.25) is 0 Å². The van der Waals surface area contributed by atoms with Crippen molar-refractivity contribution >= 4 is 49.0 Å². The Morgan fingerprint density at radius 3 is 2.68 bits per heavy atom. The number of fused-ring (bicyclic) bond motifs is 2. The Labute approximate surface area is 186 Å². The van der Waals surface area contributed by atoms with Gasteiger partial charge in [-0.3, -0.25) is 9.48 Å². The van der Waals surface area contributed by atoms with Crippen molar-refractivity contribution in [2.24, 2.45) is 0 Å². The Balaban J connectivity index is 1.38. The maximum absolute atomic E-state index is 13.2. The van der Waals surface area contributed by atoms with Crippen LogP contribution < -0.4 is 0 Å². The minimum Gasteiger partial charge on any atom is -0.334 e. The van der Waals surface area contributed by atoms with Gasteiger partial charge in [-0.15, -0.1) is 22.7 Å². The largest absolute Gasteiger partial charge is 0.334 e. The summed E-state index contributed by atoms with van der Waals surface area (Å²) in [6, 6.07) is 16.3. The summed E-state index contributed by atoms with van der Waals surface area (Å²) < 4.78 is 16.2. The fourth-order valence-electron chi connectivity index (χ4n) is 3.54. The molecule has 0 unspecified atom stereocenters. The minimum atomic E-state index is -0.259. The number of carbonyl (C=O) groups excluding carboxylic acids is 1. The summed E-state index contributed by atoms with van der Waals surface area (Å²) in [4.78, 5) is 21.0. The molecule has 1 amide bonds. The van der Waals surface area contributed by atoms with Gasteiger partial charge in [0, 0.05) is 12.4 Å². The Bertz CT molecular complexity index is 1370. The first kappa shape index (κ1) is 19.8. The van der Waals surface area contributed by atoms with Crippen LogP contribution in [-0.4, -0.2) is 32.6 Å². The molecule has 0 bridgehead atoms. The van der Waals surface area contributed by atoms with Crippen molar-refractivity contribution in [2.45, 2.75) is 20.0 Å². The number of nitrogens with zero attached hydrogens (tertiary/aromatic N) is 4. The Morgan fingerprint density at radius 1 is 1.13 bits per heavy atom. The molecule has 156 valence electrons. The molecule has 2 aromatic carbocycles. The molecule has 5 aromatic rings. The highest BCUT2D eigenvalue weighted by Gasteiger charge is 2.20. The number of aromatic nitrogens is 3. The Kier molecular flexibility index (Phi) is 5.03. The zero-order chi connectivity index (χ0) is 21.5. The molecule has 0 saturated carbocycles. The molecule has 8 heteroatoms. The minimum absolute atomic E-state index is 0.0341. The van der Waals surface area contributed by atoms with Gasteiger partial charge >= 0.3 is 0 Å². The number of hydrogen-bond donors (Lipinski definition) is 0. The molecular formula is C23H19FN4OS2. The van der Waals surface area contributed by atoms with Crippen molar-refractivity contribution in [1.29, 1.82) is 0 Å². The average Bonchev–Trinajstić information content (AvgIpc) is 3.44. The third-order valence-corrected chi connectivity index (χ3v) is 7.28. The van der Waals surface area contributed by atoms with Crippen LogP contribution in [-0.2, 0) is 13.1 Å². The lowest BCUT2D eigenvalue weighted by Gasteiger charge is -2.14. The van der Waals surface area contributed by atoms with E-state index in [1.165, 1.54) is 23.5 Å². The van der Waals surface area contributed by atoms with E-state index in [1.54, 1.807) is 35.4 Å². The van der Waals surface area contributed by atoms with Gasteiger partial charge in [-0.05, 0) is 42.8 Å². The molecule has 0 spiro atoms. The summed E-state index contributed by atoms with van der Waals surface area (Å²) in [6.07, 6.45) is 0. The summed E-state index contributed by atoms with van der Waals surface area (Å²) in [6.45, 7) is 2.93. The van der Waals surface area contributed by atoms with Crippen molar-refractivity contribution in [2.75, 3.05) is 7.05 Å². The maximum atomic E-state index is 13.2. The zero-order valence-corrected chi connectivity index (χ0v) is 18.6. The second-order valence-electron chi connectivity index (χ2n) is 7.44.